The van der Waals surface area contributed by atoms with Crippen LogP contribution in [0.25, 0.3) is 22.9 Å². The summed E-state index contributed by atoms with van der Waals surface area (Å²) in [4.78, 5) is 8.97. The minimum Gasteiger partial charge on any atom is -0.297 e. The average Bonchev–Trinajstić information content (AvgIpc) is 3.32. The number of hydrogen-bond acceptors (Lipinski definition) is 7. The van der Waals surface area contributed by atoms with Crippen molar-refractivity contribution in [3.8, 4) is 22.9 Å². The van der Waals surface area contributed by atoms with Crippen LogP contribution >= 0.6 is 23.3 Å². The van der Waals surface area contributed by atoms with Gasteiger partial charge in [-0.15, -0.1) is 16.8 Å². The van der Waals surface area contributed by atoms with Crippen molar-refractivity contribution in [1.29, 1.82) is 0 Å². The van der Waals surface area contributed by atoms with Crippen molar-refractivity contribution in [2.75, 3.05) is 0 Å². The van der Waals surface area contributed by atoms with Crippen LogP contribution in [0, 0.1) is 0 Å². The zero-order valence-electron chi connectivity index (χ0n) is 13.7. The van der Waals surface area contributed by atoms with E-state index in [1.807, 2.05) is 59.2 Å². The maximum Gasteiger partial charge on any atom is 0.198 e. The van der Waals surface area contributed by atoms with Gasteiger partial charge in [0.25, 0.3) is 0 Å². The second-order valence-electron chi connectivity index (χ2n) is 5.27. The van der Waals surface area contributed by atoms with E-state index in [1.165, 1.54) is 23.3 Å². The summed E-state index contributed by atoms with van der Waals surface area (Å²) in [5, 5.41) is 9.36. The molecule has 6 nitrogen and oxygen atoms in total. The average molecular weight is 378 g/mol. The van der Waals surface area contributed by atoms with Gasteiger partial charge in [-0.05, 0) is 35.4 Å². The molecule has 1 aromatic carbocycles. The molecule has 0 saturated heterocycles. The molecule has 0 saturated carbocycles. The molecule has 26 heavy (non-hydrogen) atoms. The lowest BCUT2D eigenvalue weighted by molar-refractivity contribution is 0.729. The minimum absolute atomic E-state index is 0.589. The van der Waals surface area contributed by atoms with E-state index in [-0.39, 0.29) is 0 Å². The first-order valence-corrected chi connectivity index (χ1v) is 9.46. The van der Waals surface area contributed by atoms with Gasteiger partial charge in [0.05, 0.1) is 0 Å². The molecule has 0 radical (unpaired) electrons. The van der Waals surface area contributed by atoms with Crippen LogP contribution in [0.5, 0.6) is 0 Å². The van der Waals surface area contributed by atoms with Crippen LogP contribution in [0.1, 0.15) is 0 Å². The largest absolute Gasteiger partial charge is 0.297 e. The first-order valence-electron chi connectivity index (χ1n) is 7.87. The topological polar surface area (TPSA) is 69.4 Å². The van der Waals surface area contributed by atoms with E-state index in [0.717, 1.165) is 26.6 Å². The number of benzene rings is 1. The molecule has 0 N–H and O–H groups in total. The van der Waals surface area contributed by atoms with Crippen LogP contribution < -0.4 is 0 Å². The smallest absolute Gasteiger partial charge is 0.198 e. The summed E-state index contributed by atoms with van der Waals surface area (Å²) in [6.45, 7) is 4.42. The summed E-state index contributed by atoms with van der Waals surface area (Å²) in [5.74, 6) is 1.43. The molecule has 128 valence electrons. The van der Waals surface area contributed by atoms with Crippen molar-refractivity contribution in [1.82, 2.24) is 29.1 Å². The van der Waals surface area contributed by atoms with Gasteiger partial charge in [-0.3, -0.25) is 9.55 Å². The van der Waals surface area contributed by atoms with E-state index >= 15 is 0 Å². The molecule has 0 bridgehead atoms. The Morgan fingerprint density at radius 2 is 1.92 bits per heavy atom. The Morgan fingerprint density at radius 1 is 1.08 bits per heavy atom. The zero-order valence-corrected chi connectivity index (χ0v) is 15.3. The highest BCUT2D eigenvalue weighted by Gasteiger charge is 2.17. The van der Waals surface area contributed by atoms with Gasteiger partial charge in [0.1, 0.15) is 5.69 Å². The molecule has 0 fully saturated rings. The van der Waals surface area contributed by atoms with Gasteiger partial charge in [-0.25, -0.2) is 4.98 Å². The SMILES string of the molecule is C=CCn1c(Sc2nc(-c3ccccc3)ns2)nnc1-c1ccccn1. The van der Waals surface area contributed by atoms with E-state index in [2.05, 4.69) is 31.1 Å². The van der Waals surface area contributed by atoms with Gasteiger partial charge in [0, 0.05) is 18.3 Å². The summed E-state index contributed by atoms with van der Waals surface area (Å²) < 4.78 is 7.23. The third-order valence-electron chi connectivity index (χ3n) is 3.54. The van der Waals surface area contributed by atoms with Crippen molar-refractivity contribution >= 4 is 23.3 Å². The van der Waals surface area contributed by atoms with Gasteiger partial charge < -0.3 is 0 Å². The van der Waals surface area contributed by atoms with Gasteiger partial charge >= 0.3 is 0 Å². The Kier molecular flexibility index (Phi) is 4.85. The Balaban J connectivity index is 1.64. The maximum absolute atomic E-state index is 4.61. The van der Waals surface area contributed by atoms with Crippen molar-refractivity contribution in [2.45, 2.75) is 16.0 Å². The number of rotatable bonds is 6. The minimum atomic E-state index is 0.589. The number of aromatic nitrogens is 6. The lowest BCUT2D eigenvalue weighted by Gasteiger charge is -2.05. The Bertz CT molecular complexity index is 1010. The molecule has 3 aromatic heterocycles. The highest BCUT2D eigenvalue weighted by atomic mass is 32.2. The zero-order chi connectivity index (χ0) is 17.8. The summed E-state index contributed by atoms with van der Waals surface area (Å²) in [7, 11) is 0. The van der Waals surface area contributed by atoms with Crippen LogP contribution in [-0.2, 0) is 6.54 Å². The van der Waals surface area contributed by atoms with E-state index in [0.29, 0.717) is 12.4 Å². The molecule has 0 aliphatic heterocycles. The highest BCUT2D eigenvalue weighted by Crippen LogP contribution is 2.32. The summed E-state index contributed by atoms with van der Waals surface area (Å²) in [5.41, 5.74) is 1.77. The molecule has 0 amide bonds. The molecule has 8 heteroatoms. The number of pyridine rings is 1. The molecule has 4 rings (SSSR count). The molecular weight excluding hydrogens is 364 g/mol. The van der Waals surface area contributed by atoms with Crippen molar-refractivity contribution in [2.24, 2.45) is 0 Å². The molecule has 0 atom stereocenters. The first-order chi connectivity index (χ1) is 12.8. The number of hydrogen-bond donors (Lipinski definition) is 0. The molecule has 0 aliphatic carbocycles. The maximum atomic E-state index is 4.61. The fourth-order valence-corrected chi connectivity index (χ4v) is 3.94. The van der Waals surface area contributed by atoms with Gasteiger partial charge in [0.2, 0.25) is 0 Å². The van der Waals surface area contributed by atoms with Gasteiger partial charge in [-0.1, -0.05) is 42.5 Å². The lowest BCUT2D eigenvalue weighted by Crippen LogP contribution is -2.01. The fourth-order valence-electron chi connectivity index (χ4n) is 2.38. The second kappa shape index (κ2) is 7.59. The highest BCUT2D eigenvalue weighted by molar-refractivity contribution is 8.00. The Labute approximate surface area is 158 Å². The predicted molar refractivity (Wildman–Crippen MR) is 103 cm³/mol. The van der Waals surface area contributed by atoms with Crippen LogP contribution in [0.15, 0.2) is 76.9 Å². The van der Waals surface area contributed by atoms with Crippen molar-refractivity contribution in [3.05, 3.63) is 67.4 Å². The quantitative estimate of drug-likeness (QED) is 0.469. The van der Waals surface area contributed by atoms with Crippen LogP contribution in [0.4, 0.5) is 0 Å². The Hall–Kier alpha value is -2.84. The standard InChI is InChI=1S/C18H14N6S2/c1-2-12-24-16(14-10-6-7-11-19-14)21-22-17(24)25-18-20-15(23-26-18)13-8-4-3-5-9-13/h2-11H,1,12H2. The summed E-state index contributed by atoms with van der Waals surface area (Å²) in [6.07, 6.45) is 3.56. The number of allylic oxidation sites excluding steroid dienone is 1. The van der Waals surface area contributed by atoms with Gasteiger partial charge in [0.15, 0.2) is 21.1 Å². The normalized spacial score (nSPS) is 10.8. The predicted octanol–water partition coefficient (Wildman–Crippen LogP) is 4.20. The monoisotopic (exact) mass is 378 g/mol. The van der Waals surface area contributed by atoms with E-state index in [9.17, 15) is 0 Å². The van der Waals surface area contributed by atoms with Crippen LogP contribution in [0.3, 0.4) is 0 Å². The second-order valence-corrected chi connectivity index (χ2v) is 7.24. The van der Waals surface area contributed by atoms with Crippen LogP contribution in [0.2, 0.25) is 0 Å². The molecule has 0 aliphatic rings. The Morgan fingerprint density at radius 3 is 2.69 bits per heavy atom. The number of nitrogens with zero attached hydrogens (tertiary/aromatic N) is 6. The van der Waals surface area contributed by atoms with Crippen LogP contribution in [-0.4, -0.2) is 29.1 Å². The van der Waals surface area contributed by atoms with E-state index in [1.54, 1.807) is 6.20 Å². The first kappa shape index (κ1) is 16.6. The van der Waals surface area contributed by atoms with E-state index < -0.39 is 0 Å². The molecule has 0 spiro atoms. The fraction of sp³-hybridized carbons (Fsp3) is 0.0556. The summed E-state index contributed by atoms with van der Waals surface area (Å²) in [6, 6.07) is 15.6. The van der Waals surface area contributed by atoms with Crippen molar-refractivity contribution in [3.63, 3.8) is 0 Å². The molecule has 0 unspecified atom stereocenters. The molecule has 4 aromatic rings. The third-order valence-corrected chi connectivity index (χ3v) is 5.28. The van der Waals surface area contributed by atoms with Gasteiger partial charge in [-0.2, -0.15) is 4.37 Å². The molecular formula is C18H14N6S2. The van der Waals surface area contributed by atoms with E-state index in [4.69, 9.17) is 0 Å². The molecule has 3 heterocycles. The third kappa shape index (κ3) is 3.42. The lowest BCUT2D eigenvalue weighted by atomic mass is 10.2. The van der Waals surface area contributed by atoms with Crippen molar-refractivity contribution < 1.29 is 0 Å². The summed E-state index contributed by atoms with van der Waals surface area (Å²) >= 11 is 2.79.